The molecular formula is C18H17ClN2O2S. The van der Waals surface area contributed by atoms with Crippen LogP contribution in [0.15, 0.2) is 53.4 Å². The molecule has 0 aromatic heterocycles. The molecular weight excluding hydrogens is 344 g/mol. The fraction of sp³-hybridized carbons (Fsp3) is 0.222. The number of halogens is 1. The van der Waals surface area contributed by atoms with Crippen LogP contribution >= 0.6 is 23.4 Å². The van der Waals surface area contributed by atoms with Crippen LogP contribution in [0.25, 0.3) is 0 Å². The Hall–Kier alpha value is -1.98. The summed E-state index contributed by atoms with van der Waals surface area (Å²) in [5, 5.41) is 3.56. The van der Waals surface area contributed by atoms with E-state index in [-0.39, 0.29) is 24.2 Å². The molecule has 1 atom stereocenters. The first-order chi connectivity index (χ1) is 11.6. The molecule has 0 radical (unpaired) electrons. The lowest BCUT2D eigenvalue weighted by molar-refractivity contribution is -0.122. The molecule has 1 aliphatic heterocycles. The number of carbonyl (C=O) groups excluding carboxylic acids is 2. The molecule has 4 nitrogen and oxygen atoms in total. The first kappa shape index (κ1) is 16.9. The highest BCUT2D eigenvalue weighted by Crippen LogP contribution is 2.29. The van der Waals surface area contributed by atoms with Gasteiger partial charge in [-0.15, -0.1) is 11.8 Å². The molecule has 0 unspecified atom stereocenters. The monoisotopic (exact) mass is 360 g/mol. The number of hydrogen-bond donors (Lipinski definition) is 1. The van der Waals surface area contributed by atoms with Crippen molar-refractivity contribution in [1.82, 2.24) is 0 Å². The lowest BCUT2D eigenvalue weighted by Crippen LogP contribution is -2.28. The van der Waals surface area contributed by atoms with Gasteiger partial charge < -0.3 is 10.2 Å². The molecule has 1 fully saturated rings. The molecule has 1 N–H and O–H groups in total. The first-order valence-corrected chi connectivity index (χ1v) is 9.18. The van der Waals surface area contributed by atoms with Crippen LogP contribution < -0.4 is 10.2 Å². The van der Waals surface area contributed by atoms with E-state index in [0.717, 1.165) is 16.3 Å². The van der Waals surface area contributed by atoms with Gasteiger partial charge in [0.15, 0.2) is 0 Å². The number of rotatable bonds is 4. The second kappa shape index (κ2) is 7.28. The van der Waals surface area contributed by atoms with Gasteiger partial charge in [-0.3, -0.25) is 9.59 Å². The molecule has 0 bridgehead atoms. The average Bonchev–Trinajstić information content (AvgIpc) is 2.98. The van der Waals surface area contributed by atoms with Gasteiger partial charge in [0.25, 0.3) is 0 Å². The quantitative estimate of drug-likeness (QED) is 0.837. The van der Waals surface area contributed by atoms with Gasteiger partial charge in [-0.1, -0.05) is 23.7 Å². The van der Waals surface area contributed by atoms with E-state index in [1.165, 1.54) is 0 Å². The van der Waals surface area contributed by atoms with Crippen molar-refractivity contribution < 1.29 is 9.59 Å². The highest BCUT2D eigenvalue weighted by atomic mass is 35.5. The van der Waals surface area contributed by atoms with Crippen molar-refractivity contribution in [3.8, 4) is 0 Å². The Morgan fingerprint density at radius 1 is 1.21 bits per heavy atom. The van der Waals surface area contributed by atoms with Crippen LogP contribution in [0.3, 0.4) is 0 Å². The fourth-order valence-corrected chi connectivity index (χ4v) is 3.42. The van der Waals surface area contributed by atoms with Crippen LogP contribution in [0.5, 0.6) is 0 Å². The minimum atomic E-state index is -0.358. The van der Waals surface area contributed by atoms with Crippen molar-refractivity contribution in [2.75, 3.05) is 23.0 Å². The second-order valence-corrected chi connectivity index (χ2v) is 6.86. The molecule has 0 saturated carbocycles. The summed E-state index contributed by atoms with van der Waals surface area (Å²) in [5.74, 6) is -0.528. The predicted molar refractivity (Wildman–Crippen MR) is 98.8 cm³/mol. The Morgan fingerprint density at radius 3 is 2.62 bits per heavy atom. The van der Waals surface area contributed by atoms with Crippen LogP contribution in [0.1, 0.15) is 6.42 Å². The second-order valence-electron chi connectivity index (χ2n) is 5.57. The first-order valence-electron chi connectivity index (χ1n) is 7.58. The number of nitrogens with zero attached hydrogens (tertiary/aromatic N) is 1. The molecule has 1 aliphatic rings. The number of para-hydroxylation sites is 1. The van der Waals surface area contributed by atoms with Crippen LogP contribution in [-0.4, -0.2) is 24.6 Å². The maximum absolute atomic E-state index is 12.5. The average molecular weight is 361 g/mol. The van der Waals surface area contributed by atoms with E-state index in [9.17, 15) is 9.59 Å². The van der Waals surface area contributed by atoms with Crippen LogP contribution in [0, 0.1) is 5.92 Å². The molecule has 2 amide bonds. The summed E-state index contributed by atoms with van der Waals surface area (Å²) in [6.07, 6.45) is 2.18. The molecule has 1 saturated heterocycles. The number of thioether (sulfide) groups is 1. The van der Waals surface area contributed by atoms with Crippen molar-refractivity contribution >= 4 is 46.6 Å². The zero-order valence-electron chi connectivity index (χ0n) is 13.2. The van der Waals surface area contributed by atoms with Gasteiger partial charge in [0.1, 0.15) is 0 Å². The Morgan fingerprint density at radius 2 is 1.92 bits per heavy atom. The number of benzene rings is 2. The summed E-state index contributed by atoms with van der Waals surface area (Å²) < 4.78 is 0. The van der Waals surface area contributed by atoms with Crippen LogP contribution in [-0.2, 0) is 9.59 Å². The van der Waals surface area contributed by atoms with Gasteiger partial charge in [0, 0.05) is 28.6 Å². The summed E-state index contributed by atoms with van der Waals surface area (Å²) in [4.78, 5) is 27.4. The van der Waals surface area contributed by atoms with E-state index in [0.29, 0.717) is 11.6 Å². The normalized spacial score (nSPS) is 17.2. The van der Waals surface area contributed by atoms with Gasteiger partial charge in [0.05, 0.1) is 11.6 Å². The van der Waals surface area contributed by atoms with E-state index in [4.69, 9.17) is 11.6 Å². The zero-order chi connectivity index (χ0) is 17.1. The molecule has 1 heterocycles. The molecule has 6 heteroatoms. The lowest BCUT2D eigenvalue weighted by Gasteiger charge is -2.17. The van der Waals surface area contributed by atoms with E-state index < -0.39 is 0 Å². The van der Waals surface area contributed by atoms with Crippen molar-refractivity contribution in [3.63, 3.8) is 0 Å². The minimum absolute atomic E-state index is 0.0457. The highest BCUT2D eigenvalue weighted by Gasteiger charge is 2.35. The number of anilines is 2. The van der Waals surface area contributed by atoms with Crippen molar-refractivity contribution in [1.29, 1.82) is 0 Å². The van der Waals surface area contributed by atoms with E-state index in [1.807, 2.05) is 30.5 Å². The summed E-state index contributed by atoms with van der Waals surface area (Å²) in [6.45, 7) is 0.383. The summed E-state index contributed by atoms with van der Waals surface area (Å²) in [7, 11) is 0. The van der Waals surface area contributed by atoms with Gasteiger partial charge in [-0.05, 0) is 42.7 Å². The topological polar surface area (TPSA) is 49.4 Å². The zero-order valence-corrected chi connectivity index (χ0v) is 14.7. The van der Waals surface area contributed by atoms with Gasteiger partial charge in [0.2, 0.25) is 11.8 Å². The van der Waals surface area contributed by atoms with Crippen molar-refractivity contribution in [2.45, 2.75) is 11.3 Å². The Kier molecular flexibility index (Phi) is 5.11. The maximum Gasteiger partial charge on any atom is 0.229 e. The summed E-state index contributed by atoms with van der Waals surface area (Å²) in [6, 6.07) is 14.7. The minimum Gasteiger partial charge on any atom is -0.325 e. The maximum atomic E-state index is 12.5. The Balaban J connectivity index is 1.71. The van der Waals surface area contributed by atoms with E-state index in [1.54, 1.807) is 40.9 Å². The molecule has 2 aromatic carbocycles. The SMILES string of the molecule is CSc1ccccc1NC(=O)[C@H]1CC(=O)N(c2ccc(Cl)cc2)C1. The summed E-state index contributed by atoms with van der Waals surface area (Å²) >= 11 is 7.46. The number of hydrogen-bond acceptors (Lipinski definition) is 3. The fourth-order valence-electron chi connectivity index (χ4n) is 2.74. The number of nitrogens with one attached hydrogen (secondary N) is 1. The lowest BCUT2D eigenvalue weighted by atomic mass is 10.1. The van der Waals surface area contributed by atoms with Crippen molar-refractivity contribution in [3.05, 3.63) is 53.6 Å². The molecule has 3 rings (SSSR count). The van der Waals surface area contributed by atoms with E-state index in [2.05, 4.69) is 5.32 Å². The third-order valence-corrected chi connectivity index (χ3v) is 5.05. The third kappa shape index (κ3) is 3.57. The third-order valence-electron chi connectivity index (χ3n) is 4.00. The van der Waals surface area contributed by atoms with Gasteiger partial charge in [-0.2, -0.15) is 0 Å². The molecule has 2 aromatic rings. The van der Waals surface area contributed by atoms with Gasteiger partial charge >= 0.3 is 0 Å². The Labute approximate surface area is 150 Å². The number of carbonyl (C=O) groups is 2. The molecule has 0 aliphatic carbocycles. The molecule has 24 heavy (non-hydrogen) atoms. The molecule has 0 spiro atoms. The van der Waals surface area contributed by atoms with Crippen LogP contribution in [0.4, 0.5) is 11.4 Å². The standard InChI is InChI=1S/C18H17ClN2O2S/c1-24-16-5-3-2-4-15(16)20-18(23)12-10-17(22)21(11-12)14-8-6-13(19)7-9-14/h2-9,12H,10-11H2,1H3,(H,20,23)/t12-/m0/s1. The highest BCUT2D eigenvalue weighted by molar-refractivity contribution is 7.98. The van der Waals surface area contributed by atoms with Crippen LogP contribution in [0.2, 0.25) is 5.02 Å². The summed E-state index contributed by atoms with van der Waals surface area (Å²) in [5.41, 5.74) is 1.55. The van der Waals surface area contributed by atoms with Gasteiger partial charge in [-0.25, -0.2) is 0 Å². The molecule has 124 valence electrons. The van der Waals surface area contributed by atoms with Crippen molar-refractivity contribution in [2.24, 2.45) is 5.92 Å². The Bertz CT molecular complexity index is 764. The number of amides is 2. The largest absolute Gasteiger partial charge is 0.325 e. The predicted octanol–water partition coefficient (Wildman–Crippen LogP) is 4.05. The van der Waals surface area contributed by atoms with E-state index >= 15 is 0 Å². The smallest absolute Gasteiger partial charge is 0.229 e.